The number of rotatable bonds is 3. The Morgan fingerprint density at radius 3 is 2.54 bits per heavy atom. The highest BCUT2D eigenvalue weighted by atomic mass is 32.2. The highest BCUT2D eigenvalue weighted by molar-refractivity contribution is 7.85. The lowest BCUT2D eigenvalue weighted by molar-refractivity contribution is 0.675. The predicted octanol–water partition coefficient (Wildman–Crippen LogP) is 1.66. The Hall–Kier alpha value is -0.670. The Morgan fingerprint density at radius 1 is 1.38 bits per heavy atom. The topological polar surface area (TPSA) is 43.1 Å². The van der Waals surface area contributed by atoms with Crippen molar-refractivity contribution in [1.29, 1.82) is 0 Å². The molecular weight excluding hydrogens is 182 g/mol. The summed E-state index contributed by atoms with van der Waals surface area (Å²) in [5, 5.41) is 0.146. The van der Waals surface area contributed by atoms with Crippen LogP contribution in [-0.4, -0.2) is 9.46 Å². The molecule has 0 aliphatic heterocycles. The lowest BCUT2D eigenvalue weighted by Gasteiger charge is -2.09. The number of hydrogen-bond donors (Lipinski definition) is 1. The summed E-state index contributed by atoms with van der Waals surface area (Å²) in [5.74, 6) is 0. The number of hydrogen-bond acceptors (Lipinski definition) is 2. The van der Waals surface area contributed by atoms with E-state index in [2.05, 4.69) is 0 Å². The minimum Gasteiger partial charge on any atom is -0.326 e. The van der Waals surface area contributed by atoms with Crippen LogP contribution in [0, 0.1) is 0 Å². The molecule has 0 aliphatic rings. The summed E-state index contributed by atoms with van der Waals surface area (Å²) >= 11 is 0. The van der Waals surface area contributed by atoms with Crippen molar-refractivity contribution in [2.24, 2.45) is 5.73 Å². The van der Waals surface area contributed by atoms with Crippen LogP contribution in [0.5, 0.6) is 0 Å². The summed E-state index contributed by atoms with van der Waals surface area (Å²) in [6.45, 7) is 4.35. The van der Waals surface area contributed by atoms with Gasteiger partial charge in [0, 0.05) is 16.7 Å². The van der Waals surface area contributed by atoms with E-state index < -0.39 is 10.8 Å². The molecule has 1 unspecified atom stereocenters. The van der Waals surface area contributed by atoms with Gasteiger partial charge in [0.1, 0.15) is 0 Å². The van der Waals surface area contributed by atoms with Crippen LogP contribution in [0.4, 0.5) is 0 Å². The van der Waals surface area contributed by atoms with Gasteiger partial charge in [-0.2, -0.15) is 0 Å². The molecule has 0 aromatic heterocycles. The van der Waals surface area contributed by atoms with Gasteiger partial charge in [-0.25, -0.2) is 0 Å². The van der Waals surface area contributed by atoms with Gasteiger partial charge in [0.25, 0.3) is 0 Å². The fraction of sp³-hybridized carbons (Fsp3) is 0.400. The molecule has 0 radical (unpaired) electrons. The van der Waals surface area contributed by atoms with Gasteiger partial charge < -0.3 is 5.73 Å². The van der Waals surface area contributed by atoms with E-state index in [1.807, 2.05) is 38.1 Å². The quantitative estimate of drug-likeness (QED) is 0.801. The van der Waals surface area contributed by atoms with Crippen molar-refractivity contribution in [3.05, 3.63) is 29.8 Å². The van der Waals surface area contributed by atoms with Crippen molar-refractivity contribution in [2.45, 2.75) is 30.5 Å². The van der Waals surface area contributed by atoms with E-state index in [0.717, 1.165) is 10.5 Å². The minimum atomic E-state index is -0.927. The Bertz CT molecular complexity index is 310. The van der Waals surface area contributed by atoms with E-state index in [4.69, 9.17) is 5.73 Å². The Kier molecular flexibility index (Phi) is 3.63. The largest absolute Gasteiger partial charge is 0.326 e. The zero-order valence-corrected chi connectivity index (χ0v) is 8.80. The third-order valence-corrected chi connectivity index (χ3v) is 3.53. The Balaban J connectivity index is 3.06. The molecule has 0 fully saturated rings. The third-order valence-electron chi connectivity index (χ3n) is 1.84. The van der Waals surface area contributed by atoms with Crippen LogP contribution in [0.2, 0.25) is 0 Å². The highest BCUT2D eigenvalue weighted by Crippen LogP contribution is 2.15. The van der Waals surface area contributed by atoms with E-state index in [0.29, 0.717) is 6.54 Å². The van der Waals surface area contributed by atoms with Crippen LogP contribution >= 0.6 is 0 Å². The van der Waals surface area contributed by atoms with E-state index in [-0.39, 0.29) is 5.25 Å². The van der Waals surface area contributed by atoms with Crippen LogP contribution < -0.4 is 5.73 Å². The average molecular weight is 197 g/mol. The Morgan fingerprint density at radius 2 is 2.00 bits per heavy atom. The third kappa shape index (κ3) is 2.39. The summed E-state index contributed by atoms with van der Waals surface area (Å²) in [7, 11) is -0.927. The van der Waals surface area contributed by atoms with E-state index in [1.54, 1.807) is 0 Å². The van der Waals surface area contributed by atoms with Crippen LogP contribution in [0.15, 0.2) is 29.2 Å². The maximum absolute atomic E-state index is 11.8. The van der Waals surface area contributed by atoms with E-state index in [1.165, 1.54) is 0 Å². The van der Waals surface area contributed by atoms with Gasteiger partial charge in [-0.3, -0.25) is 4.21 Å². The van der Waals surface area contributed by atoms with Gasteiger partial charge in [0.2, 0.25) is 0 Å². The fourth-order valence-corrected chi connectivity index (χ4v) is 2.25. The Labute approximate surface area is 81.6 Å². The predicted molar refractivity (Wildman–Crippen MR) is 55.9 cm³/mol. The summed E-state index contributed by atoms with van der Waals surface area (Å²) in [6, 6.07) is 7.63. The zero-order valence-electron chi connectivity index (χ0n) is 7.99. The smallest absolute Gasteiger partial charge is 0.0558 e. The zero-order chi connectivity index (χ0) is 9.84. The second-order valence-corrected chi connectivity index (χ2v) is 5.14. The second-order valence-electron chi connectivity index (χ2n) is 3.16. The molecule has 13 heavy (non-hydrogen) atoms. The van der Waals surface area contributed by atoms with Gasteiger partial charge in [-0.05, 0) is 11.6 Å². The van der Waals surface area contributed by atoms with Crippen molar-refractivity contribution in [2.75, 3.05) is 0 Å². The minimum absolute atomic E-state index is 0.146. The fourth-order valence-electron chi connectivity index (χ4n) is 1.12. The maximum Gasteiger partial charge on any atom is 0.0558 e. The molecule has 0 spiro atoms. The number of nitrogens with two attached hydrogens (primary N) is 1. The molecule has 3 heteroatoms. The summed E-state index contributed by atoms with van der Waals surface area (Å²) in [4.78, 5) is 0.875. The molecule has 0 aliphatic carbocycles. The summed E-state index contributed by atoms with van der Waals surface area (Å²) in [6.07, 6.45) is 0. The van der Waals surface area contributed by atoms with Gasteiger partial charge in [-0.1, -0.05) is 32.0 Å². The standard InChI is InChI=1S/C10H15NOS/c1-8(2)13(12)10-6-4-3-5-9(10)7-11/h3-6,8H,7,11H2,1-2H3. The normalized spacial score (nSPS) is 13.2. The van der Waals surface area contributed by atoms with E-state index in [9.17, 15) is 4.21 Å². The first-order chi connectivity index (χ1) is 6.16. The van der Waals surface area contributed by atoms with Crippen LogP contribution in [0.1, 0.15) is 19.4 Å². The first kappa shape index (κ1) is 10.4. The van der Waals surface area contributed by atoms with Crippen molar-refractivity contribution in [3.63, 3.8) is 0 Å². The van der Waals surface area contributed by atoms with Crippen molar-refractivity contribution < 1.29 is 4.21 Å². The van der Waals surface area contributed by atoms with Gasteiger partial charge >= 0.3 is 0 Å². The highest BCUT2D eigenvalue weighted by Gasteiger charge is 2.11. The molecule has 0 saturated heterocycles. The van der Waals surface area contributed by atoms with Crippen LogP contribution in [-0.2, 0) is 17.3 Å². The first-order valence-electron chi connectivity index (χ1n) is 4.35. The second kappa shape index (κ2) is 4.53. The monoisotopic (exact) mass is 197 g/mol. The van der Waals surface area contributed by atoms with Crippen molar-refractivity contribution in [3.8, 4) is 0 Å². The molecule has 1 rings (SSSR count). The molecule has 2 nitrogen and oxygen atoms in total. The van der Waals surface area contributed by atoms with E-state index >= 15 is 0 Å². The van der Waals surface area contributed by atoms with Gasteiger partial charge in [0.05, 0.1) is 10.8 Å². The molecule has 1 atom stereocenters. The molecule has 0 saturated carbocycles. The molecule has 72 valence electrons. The SMILES string of the molecule is CC(C)S(=O)c1ccccc1CN. The lowest BCUT2D eigenvalue weighted by atomic mass is 10.2. The van der Waals surface area contributed by atoms with Crippen LogP contribution in [0.25, 0.3) is 0 Å². The number of benzene rings is 1. The molecule has 0 amide bonds. The van der Waals surface area contributed by atoms with Crippen molar-refractivity contribution in [1.82, 2.24) is 0 Å². The average Bonchev–Trinajstić information content (AvgIpc) is 2.16. The van der Waals surface area contributed by atoms with Crippen molar-refractivity contribution >= 4 is 10.8 Å². The van der Waals surface area contributed by atoms with Crippen LogP contribution in [0.3, 0.4) is 0 Å². The summed E-state index contributed by atoms with van der Waals surface area (Å²) < 4.78 is 11.8. The van der Waals surface area contributed by atoms with Gasteiger partial charge in [-0.15, -0.1) is 0 Å². The maximum atomic E-state index is 11.8. The first-order valence-corrected chi connectivity index (χ1v) is 5.56. The molecule has 1 aromatic carbocycles. The molecule has 0 heterocycles. The molecule has 2 N–H and O–H groups in total. The lowest BCUT2D eigenvalue weighted by Crippen LogP contribution is -2.10. The molecule has 0 bridgehead atoms. The molecular formula is C10H15NOS. The summed E-state index contributed by atoms with van der Waals surface area (Å²) in [5.41, 5.74) is 6.54. The van der Waals surface area contributed by atoms with Gasteiger partial charge in [0.15, 0.2) is 0 Å². The molecule has 1 aromatic rings.